The number of aryl methyl sites for hydroxylation is 2. The molecule has 76 valence electrons. The number of hydrogen-bond acceptors (Lipinski definition) is 2. The first-order valence-electron chi connectivity index (χ1n) is 5.22. The number of benzene rings is 1. The molecule has 0 spiro atoms. The van der Waals surface area contributed by atoms with Crippen LogP contribution in [0.1, 0.15) is 22.6 Å². The van der Waals surface area contributed by atoms with Crippen LogP contribution in [-0.2, 0) is 0 Å². The molecular formula is C12H18N2. The smallest absolute Gasteiger partial charge is 0.0247 e. The lowest BCUT2D eigenvalue weighted by molar-refractivity contribution is 0.650. The van der Waals surface area contributed by atoms with Crippen molar-refractivity contribution in [2.45, 2.75) is 25.8 Å². The highest BCUT2D eigenvalue weighted by Gasteiger charge is 2.26. The molecule has 1 aliphatic heterocycles. The van der Waals surface area contributed by atoms with E-state index in [1.54, 1.807) is 0 Å². The van der Waals surface area contributed by atoms with Crippen molar-refractivity contribution in [2.75, 3.05) is 13.1 Å². The largest absolute Gasteiger partial charge is 0.326 e. The third kappa shape index (κ3) is 1.68. The normalized spacial score (nSPS) is 26.8. The summed E-state index contributed by atoms with van der Waals surface area (Å²) in [6.07, 6.45) is 0. The van der Waals surface area contributed by atoms with Gasteiger partial charge in [-0.15, -0.1) is 0 Å². The van der Waals surface area contributed by atoms with Gasteiger partial charge in [-0.25, -0.2) is 0 Å². The number of hydrogen-bond donors (Lipinski definition) is 2. The van der Waals surface area contributed by atoms with E-state index in [-0.39, 0.29) is 6.04 Å². The molecule has 0 bridgehead atoms. The van der Waals surface area contributed by atoms with Gasteiger partial charge in [0.25, 0.3) is 0 Å². The molecule has 1 saturated heterocycles. The van der Waals surface area contributed by atoms with Crippen LogP contribution in [0.2, 0.25) is 0 Å². The van der Waals surface area contributed by atoms with Crippen molar-refractivity contribution in [2.24, 2.45) is 5.73 Å². The minimum atomic E-state index is 0.274. The summed E-state index contributed by atoms with van der Waals surface area (Å²) in [5.74, 6) is 0.495. The van der Waals surface area contributed by atoms with E-state index in [0.717, 1.165) is 13.1 Å². The van der Waals surface area contributed by atoms with Gasteiger partial charge < -0.3 is 11.1 Å². The Bertz CT molecular complexity index is 333. The molecule has 3 N–H and O–H groups in total. The van der Waals surface area contributed by atoms with Crippen LogP contribution in [-0.4, -0.2) is 19.1 Å². The molecule has 1 aromatic carbocycles. The Labute approximate surface area is 85.5 Å². The van der Waals surface area contributed by atoms with Gasteiger partial charge in [-0.3, -0.25) is 0 Å². The lowest BCUT2D eigenvalue weighted by Gasteiger charge is -2.17. The van der Waals surface area contributed by atoms with E-state index in [1.807, 2.05) is 0 Å². The average molecular weight is 190 g/mol. The molecule has 14 heavy (non-hydrogen) atoms. The molecule has 0 saturated carbocycles. The Kier molecular flexibility index (Phi) is 2.57. The molecule has 2 unspecified atom stereocenters. The highest BCUT2D eigenvalue weighted by atomic mass is 15.0. The molecule has 2 atom stereocenters. The summed E-state index contributed by atoms with van der Waals surface area (Å²) in [5, 5.41) is 3.34. The summed E-state index contributed by atoms with van der Waals surface area (Å²) in [4.78, 5) is 0. The van der Waals surface area contributed by atoms with Crippen molar-refractivity contribution in [3.8, 4) is 0 Å². The topological polar surface area (TPSA) is 38.0 Å². The highest BCUT2D eigenvalue weighted by Crippen LogP contribution is 2.25. The zero-order chi connectivity index (χ0) is 10.1. The average Bonchev–Trinajstić information content (AvgIpc) is 2.56. The molecule has 0 radical (unpaired) electrons. The van der Waals surface area contributed by atoms with Gasteiger partial charge in [0.15, 0.2) is 0 Å². The third-order valence-corrected chi connectivity index (χ3v) is 3.10. The van der Waals surface area contributed by atoms with E-state index < -0.39 is 0 Å². The SMILES string of the molecule is Cc1ccc(C)c(C2CNCC2N)c1. The quantitative estimate of drug-likeness (QED) is 0.701. The fourth-order valence-electron chi connectivity index (χ4n) is 2.20. The van der Waals surface area contributed by atoms with Crippen LogP contribution in [0.3, 0.4) is 0 Å². The standard InChI is InChI=1S/C12H18N2/c1-8-3-4-9(2)10(5-8)11-6-14-7-12(11)13/h3-5,11-12,14H,6-7,13H2,1-2H3. The van der Waals surface area contributed by atoms with Crippen molar-refractivity contribution in [3.63, 3.8) is 0 Å². The van der Waals surface area contributed by atoms with Gasteiger partial charge in [0.2, 0.25) is 0 Å². The van der Waals surface area contributed by atoms with Crippen LogP contribution in [0.15, 0.2) is 18.2 Å². The number of nitrogens with two attached hydrogens (primary N) is 1. The van der Waals surface area contributed by atoms with Crippen molar-refractivity contribution in [1.29, 1.82) is 0 Å². The Morgan fingerprint density at radius 2 is 2.07 bits per heavy atom. The van der Waals surface area contributed by atoms with Gasteiger partial charge in [-0.2, -0.15) is 0 Å². The third-order valence-electron chi connectivity index (χ3n) is 3.10. The van der Waals surface area contributed by atoms with Crippen LogP contribution in [0.25, 0.3) is 0 Å². The van der Waals surface area contributed by atoms with Gasteiger partial charge in [-0.05, 0) is 25.0 Å². The first-order chi connectivity index (χ1) is 6.68. The zero-order valence-corrected chi connectivity index (χ0v) is 8.88. The van der Waals surface area contributed by atoms with Crippen molar-refractivity contribution < 1.29 is 0 Å². The number of rotatable bonds is 1. The maximum Gasteiger partial charge on any atom is 0.0247 e. The second-order valence-corrected chi connectivity index (χ2v) is 4.29. The van der Waals surface area contributed by atoms with Crippen molar-refractivity contribution >= 4 is 0 Å². The monoisotopic (exact) mass is 190 g/mol. The van der Waals surface area contributed by atoms with E-state index in [1.165, 1.54) is 16.7 Å². The van der Waals surface area contributed by atoms with Gasteiger partial charge in [-0.1, -0.05) is 23.8 Å². The fraction of sp³-hybridized carbons (Fsp3) is 0.500. The van der Waals surface area contributed by atoms with E-state index in [9.17, 15) is 0 Å². The van der Waals surface area contributed by atoms with Gasteiger partial charge in [0.05, 0.1) is 0 Å². The first kappa shape index (κ1) is 9.69. The maximum atomic E-state index is 6.07. The van der Waals surface area contributed by atoms with E-state index >= 15 is 0 Å². The lowest BCUT2D eigenvalue weighted by Crippen LogP contribution is -2.28. The van der Waals surface area contributed by atoms with Gasteiger partial charge in [0.1, 0.15) is 0 Å². The van der Waals surface area contributed by atoms with Crippen molar-refractivity contribution in [1.82, 2.24) is 5.32 Å². The summed E-state index contributed by atoms with van der Waals surface area (Å²) in [6, 6.07) is 6.89. The minimum Gasteiger partial charge on any atom is -0.326 e. The second kappa shape index (κ2) is 3.71. The minimum absolute atomic E-state index is 0.274. The van der Waals surface area contributed by atoms with E-state index in [4.69, 9.17) is 5.73 Å². The summed E-state index contributed by atoms with van der Waals surface area (Å²) < 4.78 is 0. The van der Waals surface area contributed by atoms with E-state index in [0.29, 0.717) is 5.92 Å². The number of nitrogens with one attached hydrogen (secondary N) is 1. The molecular weight excluding hydrogens is 172 g/mol. The van der Waals surface area contributed by atoms with Crippen molar-refractivity contribution in [3.05, 3.63) is 34.9 Å². The molecule has 2 nitrogen and oxygen atoms in total. The predicted molar refractivity (Wildman–Crippen MR) is 59.5 cm³/mol. The van der Waals surface area contributed by atoms with Crippen LogP contribution < -0.4 is 11.1 Å². The van der Waals surface area contributed by atoms with Crippen LogP contribution in [0.4, 0.5) is 0 Å². The molecule has 1 heterocycles. The highest BCUT2D eigenvalue weighted by molar-refractivity contribution is 5.35. The summed E-state index contributed by atoms with van der Waals surface area (Å²) in [7, 11) is 0. The predicted octanol–water partition coefficient (Wildman–Crippen LogP) is 1.32. The fourth-order valence-corrected chi connectivity index (χ4v) is 2.20. The Morgan fingerprint density at radius 3 is 2.71 bits per heavy atom. The molecule has 0 aliphatic carbocycles. The molecule has 2 heteroatoms. The molecule has 1 aliphatic rings. The molecule has 0 amide bonds. The Balaban J connectivity index is 2.34. The van der Waals surface area contributed by atoms with Crippen LogP contribution >= 0.6 is 0 Å². The molecule has 1 fully saturated rings. The zero-order valence-electron chi connectivity index (χ0n) is 8.88. The van der Waals surface area contributed by atoms with Crippen LogP contribution in [0.5, 0.6) is 0 Å². The first-order valence-corrected chi connectivity index (χ1v) is 5.22. The lowest BCUT2D eigenvalue weighted by atomic mass is 9.90. The molecule has 2 rings (SSSR count). The summed E-state index contributed by atoms with van der Waals surface area (Å²) in [6.45, 7) is 6.26. The van der Waals surface area contributed by atoms with E-state index in [2.05, 4.69) is 37.4 Å². The maximum absolute atomic E-state index is 6.07. The second-order valence-electron chi connectivity index (χ2n) is 4.29. The van der Waals surface area contributed by atoms with Crippen LogP contribution in [0, 0.1) is 13.8 Å². The Morgan fingerprint density at radius 1 is 1.29 bits per heavy atom. The Hall–Kier alpha value is -0.860. The summed E-state index contributed by atoms with van der Waals surface area (Å²) in [5.41, 5.74) is 10.2. The van der Waals surface area contributed by atoms with Gasteiger partial charge >= 0.3 is 0 Å². The molecule has 1 aromatic rings. The van der Waals surface area contributed by atoms with Gasteiger partial charge in [0, 0.05) is 25.0 Å². The summed E-state index contributed by atoms with van der Waals surface area (Å²) >= 11 is 0. The molecule has 0 aromatic heterocycles.